The number of carbonyl (C=O) groups is 2. The molecule has 2 amide bonds. The maximum atomic E-state index is 13.3. The van der Waals surface area contributed by atoms with Gasteiger partial charge in [-0.3, -0.25) is 24.4 Å². The summed E-state index contributed by atoms with van der Waals surface area (Å²) < 4.78 is 18.6. The van der Waals surface area contributed by atoms with Crippen molar-refractivity contribution in [3.63, 3.8) is 0 Å². The van der Waals surface area contributed by atoms with Crippen molar-refractivity contribution in [1.29, 1.82) is 0 Å². The molecule has 0 saturated carbocycles. The van der Waals surface area contributed by atoms with E-state index in [1.807, 2.05) is 12.1 Å². The molecule has 1 aromatic heterocycles. The van der Waals surface area contributed by atoms with Gasteiger partial charge < -0.3 is 20.3 Å². The molecule has 0 spiro atoms. The van der Waals surface area contributed by atoms with E-state index in [1.165, 1.54) is 12.1 Å². The standard InChI is InChI=1S/C25H33FN6O3/c26-21-3-5-22(6-4-21)31-10-12-32(13-11-31)23(20-2-1-7-27-18-20)19-29-25(34)24(33)28-8-9-30-14-16-35-17-15-30/h1-7,18,23H,8-17,19H2,(H,28,33)(H,29,34)/t23-/m1/s1. The number of amides is 2. The fourth-order valence-electron chi connectivity index (χ4n) is 4.48. The first kappa shape index (κ1) is 25.0. The van der Waals surface area contributed by atoms with Gasteiger partial charge >= 0.3 is 11.8 Å². The van der Waals surface area contributed by atoms with E-state index in [1.54, 1.807) is 24.5 Å². The maximum Gasteiger partial charge on any atom is 0.309 e. The van der Waals surface area contributed by atoms with E-state index < -0.39 is 11.8 Å². The zero-order valence-electron chi connectivity index (χ0n) is 19.9. The molecule has 0 radical (unpaired) electrons. The third kappa shape index (κ3) is 7.20. The van der Waals surface area contributed by atoms with Crippen molar-refractivity contribution >= 4 is 17.5 Å². The Kier molecular flexibility index (Phi) is 8.99. The fraction of sp³-hybridized carbons (Fsp3) is 0.480. The number of benzene rings is 1. The Morgan fingerprint density at radius 1 is 0.971 bits per heavy atom. The second-order valence-corrected chi connectivity index (χ2v) is 8.72. The molecule has 3 heterocycles. The molecule has 188 valence electrons. The average Bonchev–Trinajstić information content (AvgIpc) is 2.91. The molecule has 4 rings (SSSR count). The van der Waals surface area contributed by atoms with Gasteiger partial charge in [-0.1, -0.05) is 6.07 Å². The summed E-state index contributed by atoms with van der Waals surface area (Å²) in [4.78, 5) is 35.7. The highest BCUT2D eigenvalue weighted by atomic mass is 19.1. The summed E-state index contributed by atoms with van der Waals surface area (Å²) in [5, 5.41) is 5.51. The maximum absolute atomic E-state index is 13.3. The van der Waals surface area contributed by atoms with Crippen LogP contribution in [0.1, 0.15) is 11.6 Å². The number of morpholine rings is 1. The first-order valence-electron chi connectivity index (χ1n) is 12.1. The summed E-state index contributed by atoms with van der Waals surface area (Å²) >= 11 is 0. The summed E-state index contributed by atoms with van der Waals surface area (Å²) in [6.07, 6.45) is 3.51. The molecule has 9 nitrogen and oxygen atoms in total. The monoisotopic (exact) mass is 484 g/mol. The predicted octanol–water partition coefficient (Wildman–Crippen LogP) is 0.649. The van der Waals surface area contributed by atoms with Crippen LogP contribution in [-0.4, -0.2) is 98.7 Å². The summed E-state index contributed by atoms with van der Waals surface area (Å²) in [6, 6.07) is 10.3. The van der Waals surface area contributed by atoms with Gasteiger partial charge in [-0.2, -0.15) is 0 Å². The highest BCUT2D eigenvalue weighted by Crippen LogP contribution is 2.23. The van der Waals surface area contributed by atoms with E-state index in [4.69, 9.17) is 4.74 Å². The van der Waals surface area contributed by atoms with Gasteiger partial charge in [0, 0.05) is 77.0 Å². The van der Waals surface area contributed by atoms with Gasteiger partial charge in [-0.15, -0.1) is 0 Å². The molecule has 10 heteroatoms. The minimum Gasteiger partial charge on any atom is -0.379 e. The molecule has 1 atom stereocenters. The zero-order valence-corrected chi connectivity index (χ0v) is 19.9. The molecule has 2 aliphatic rings. The van der Waals surface area contributed by atoms with Crippen molar-refractivity contribution in [2.45, 2.75) is 6.04 Å². The third-order valence-corrected chi connectivity index (χ3v) is 6.50. The molecular formula is C25H33FN6O3. The molecule has 2 aromatic rings. The lowest BCUT2D eigenvalue weighted by Crippen LogP contribution is -2.51. The number of ether oxygens (including phenoxy) is 1. The Morgan fingerprint density at radius 3 is 2.37 bits per heavy atom. The smallest absolute Gasteiger partial charge is 0.309 e. The van der Waals surface area contributed by atoms with Crippen LogP contribution in [0.3, 0.4) is 0 Å². The molecular weight excluding hydrogens is 451 g/mol. The number of nitrogens with one attached hydrogen (secondary N) is 2. The normalized spacial score (nSPS) is 18.1. The van der Waals surface area contributed by atoms with Crippen LogP contribution in [0.25, 0.3) is 0 Å². The predicted molar refractivity (Wildman–Crippen MR) is 130 cm³/mol. The topological polar surface area (TPSA) is 90.0 Å². The van der Waals surface area contributed by atoms with Crippen LogP contribution in [0, 0.1) is 5.82 Å². The van der Waals surface area contributed by atoms with Gasteiger partial charge in [0.25, 0.3) is 0 Å². The van der Waals surface area contributed by atoms with Crippen LogP contribution < -0.4 is 15.5 Å². The number of pyridine rings is 1. The van der Waals surface area contributed by atoms with Gasteiger partial charge in [-0.05, 0) is 35.9 Å². The second kappa shape index (κ2) is 12.6. The minimum atomic E-state index is -0.634. The number of carbonyl (C=O) groups excluding carboxylic acids is 2. The van der Waals surface area contributed by atoms with Gasteiger partial charge in [0.2, 0.25) is 0 Å². The number of nitrogens with zero attached hydrogens (tertiary/aromatic N) is 4. The summed E-state index contributed by atoms with van der Waals surface area (Å²) in [7, 11) is 0. The molecule has 2 N–H and O–H groups in total. The first-order valence-corrected chi connectivity index (χ1v) is 12.1. The number of piperazine rings is 1. The zero-order chi connectivity index (χ0) is 24.5. The molecule has 2 saturated heterocycles. The van der Waals surface area contributed by atoms with Gasteiger partial charge in [0.05, 0.1) is 19.3 Å². The number of hydrogen-bond acceptors (Lipinski definition) is 7. The summed E-state index contributed by atoms with van der Waals surface area (Å²) in [5.74, 6) is -1.50. The summed E-state index contributed by atoms with van der Waals surface area (Å²) in [6.45, 7) is 7.56. The minimum absolute atomic E-state index is 0.107. The van der Waals surface area contributed by atoms with Crippen molar-refractivity contribution in [1.82, 2.24) is 25.4 Å². The van der Waals surface area contributed by atoms with Crippen molar-refractivity contribution in [3.8, 4) is 0 Å². The van der Waals surface area contributed by atoms with Gasteiger partial charge in [0.1, 0.15) is 5.82 Å². The highest BCUT2D eigenvalue weighted by molar-refractivity contribution is 6.35. The molecule has 0 unspecified atom stereocenters. The van der Waals surface area contributed by atoms with E-state index in [2.05, 4.69) is 30.3 Å². The lowest BCUT2D eigenvalue weighted by molar-refractivity contribution is -0.139. The van der Waals surface area contributed by atoms with Gasteiger partial charge in [-0.25, -0.2) is 4.39 Å². The van der Waals surface area contributed by atoms with E-state index in [-0.39, 0.29) is 11.9 Å². The Balaban J connectivity index is 1.29. The Bertz CT molecular complexity index is 947. The van der Waals surface area contributed by atoms with Crippen LogP contribution in [-0.2, 0) is 14.3 Å². The van der Waals surface area contributed by atoms with E-state index in [0.717, 1.165) is 50.5 Å². The first-order chi connectivity index (χ1) is 17.1. The fourth-order valence-corrected chi connectivity index (χ4v) is 4.48. The van der Waals surface area contributed by atoms with E-state index >= 15 is 0 Å². The van der Waals surface area contributed by atoms with Crippen LogP contribution in [0.2, 0.25) is 0 Å². The van der Waals surface area contributed by atoms with Gasteiger partial charge in [0.15, 0.2) is 0 Å². The Labute approximate surface area is 205 Å². The van der Waals surface area contributed by atoms with Crippen molar-refractivity contribution in [3.05, 3.63) is 60.2 Å². The van der Waals surface area contributed by atoms with Crippen LogP contribution in [0.4, 0.5) is 10.1 Å². The number of halogens is 1. The Hall–Kier alpha value is -3.08. The van der Waals surface area contributed by atoms with E-state index in [9.17, 15) is 14.0 Å². The lowest BCUT2D eigenvalue weighted by Gasteiger charge is -2.40. The largest absolute Gasteiger partial charge is 0.379 e. The van der Waals surface area contributed by atoms with Crippen molar-refractivity contribution < 1.29 is 18.7 Å². The molecule has 0 aliphatic carbocycles. The lowest BCUT2D eigenvalue weighted by atomic mass is 10.1. The Morgan fingerprint density at radius 2 is 1.69 bits per heavy atom. The number of aromatic nitrogens is 1. The van der Waals surface area contributed by atoms with Crippen molar-refractivity contribution in [2.75, 3.05) is 77.0 Å². The number of rotatable bonds is 8. The summed E-state index contributed by atoms with van der Waals surface area (Å²) in [5.41, 5.74) is 1.97. The quantitative estimate of drug-likeness (QED) is 0.532. The van der Waals surface area contributed by atoms with Crippen LogP contribution >= 0.6 is 0 Å². The average molecular weight is 485 g/mol. The molecule has 1 aromatic carbocycles. The SMILES string of the molecule is O=C(NCCN1CCOCC1)C(=O)NC[C@H](c1cccnc1)N1CCN(c2ccc(F)cc2)CC1. The number of hydrogen-bond donors (Lipinski definition) is 2. The number of anilines is 1. The van der Waals surface area contributed by atoms with Crippen LogP contribution in [0.5, 0.6) is 0 Å². The third-order valence-electron chi connectivity index (χ3n) is 6.50. The molecule has 2 aliphatic heterocycles. The molecule has 0 bridgehead atoms. The highest BCUT2D eigenvalue weighted by Gasteiger charge is 2.27. The molecule has 2 fully saturated rings. The van der Waals surface area contributed by atoms with Crippen LogP contribution in [0.15, 0.2) is 48.8 Å². The van der Waals surface area contributed by atoms with Crippen molar-refractivity contribution in [2.24, 2.45) is 0 Å². The van der Waals surface area contributed by atoms with E-state index in [0.29, 0.717) is 32.8 Å². The molecule has 35 heavy (non-hydrogen) atoms. The second-order valence-electron chi connectivity index (χ2n) is 8.72.